The molecule has 0 aliphatic heterocycles. The second-order valence-electron chi connectivity index (χ2n) is 10.6. The fourth-order valence-electron chi connectivity index (χ4n) is 4.07. The number of nitrogens with two attached hydrogens (primary N) is 1. The molecule has 3 N–H and O–H groups in total. The monoisotopic (exact) mass is 609 g/mol. The fourth-order valence-corrected chi connectivity index (χ4v) is 6.42. The lowest BCUT2D eigenvalue weighted by molar-refractivity contribution is -0.135. The van der Waals surface area contributed by atoms with Crippen molar-refractivity contribution in [1.29, 1.82) is 0 Å². The number of hydrogen-bond acceptors (Lipinski definition) is 10. The summed E-state index contributed by atoms with van der Waals surface area (Å²) in [6.07, 6.45) is 1.96. The largest absolute Gasteiger partial charge is 0.480 e. The van der Waals surface area contributed by atoms with Gasteiger partial charge in [0.1, 0.15) is 23.0 Å². The van der Waals surface area contributed by atoms with Gasteiger partial charge < -0.3 is 15.6 Å². The van der Waals surface area contributed by atoms with Crippen molar-refractivity contribution in [2.24, 2.45) is 5.73 Å². The van der Waals surface area contributed by atoms with Gasteiger partial charge in [-0.05, 0) is 57.5 Å². The molecule has 0 radical (unpaired) electrons. The molecule has 1 amide bonds. The highest BCUT2D eigenvalue weighted by atomic mass is 32.2. The van der Waals surface area contributed by atoms with E-state index < -0.39 is 38.9 Å². The van der Waals surface area contributed by atoms with Crippen LogP contribution in [0.2, 0.25) is 0 Å². The second-order valence-corrected chi connectivity index (χ2v) is 13.9. The number of carbonyl (C=O) groups is 2. The number of nitrogens with zero attached hydrogens (tertiary/aromatic N) is 4. The van der Waals surface area contributed by atoms with Gasteiger partial charge in [0, 0.05) is 29.3 Å². The molecule has 220 valence electrons. The Balaban J connectivity index is 1.81. The molecule has 1 aromatic carbocycles. The van der Waals surface area contributed by atoms with Crippen LogP contribution in [0.25, 0.3) is 10.6 Å². The summed E-state index contributed by atoms with van der Waals surface area (Å²) in [5, 5.41) is 10.1. The van der Waals surface area contributed by atoms with Gasteiger partial charge in [-0.15, -0.1) is 11.3 Å². The zero-order chi connectivity index (χ0) is 30.7. The summed E-state index contributed by atoms with van der Waals surface area (Å²) in [5.74, 6) is -1.45. The third-order valence-electron chi connectivity index (χ3n) is 6.03. The third kappa shape index (κ3) is 6.81. The maximum atomic E-state index is 14.1. The molecule has 0 spiro atoms. The highest BCUT2D eigenvalue weighted by Gasteiger charge is 2.45. The Morgan fingerprint density at radius 1 is 1.02 bits per heavy atom. The number of pyridine rings is 2. The van der Waals surface area contributed by atoms with Crippen LogP contribution in [0.4, 0.5) is 10.6 Å². The number of carboxylic acids is 1. The molecule has 11 nitrogen and oxygen atoms in total. The standard InChI is InChI=1S/C29H31N5O6S2/c1-19-17-32-26(41-19)21-13-11-20(12-14-21)16-29(30,42(38,39)24-10-5-6-15-31-24)22-8-7-9-23(33-22)34(18-25(35)36)27(37)40-28(2,3)4/h5-15,17H,16,18,30H2,1-4H3,(H,35,36). The third-order valence-corrected chi connectivity index (χ3v) is 9.10. The number of benzene rings is 1. The van der Waals surface area contributed by atoms with Crippen LogP contribution in [0.3, 0.4) is 0 Å². The van der Waals surface area contributed by atoms with Crippen molar-refractivity contribution in [2.75, 3.05) is 11.4 Å². The van der Waals surface area contributed by atoms with E-state index >= 15 is 0 Å². The Morgan fingerprint density at radius 2 is 1.74 bits per heavy atom. The van der Waals surface area contributed by atoms with Crippen LogP contribution >= 0.6 is 11.3 Å². The molecule has 3 heterocycles. The topological polar surface area (TPSA) is 166 Å². The molecule has 13 heteroatoms. The number of aromatic nitrogens is 3. The highest BCUT2D eigenvalue weighted by Crippen LogP contribution is 2.34. The summed E-state index contributed by atoms with van der Waals surface area (Å²) in [6.45, 7) is 6.10. The predicted molar refractivity (Wildman–Crippen MR) is 159 cm³/mol. The van der Waals surface area contributed by atoms with E-state index in [2.05, 4.69) is 15.0 Å². The molecule has 0 aliphatic rings. The van der Waals surface area contributed by atoms with Crippen LogP contribution in [-0.4, -0.2) is 52.7 Å². The zero-order valence-electron chi connectivity index (χ0n) is 23.5. The first-order valence-electron chi connectivity index (χ1n) is 12.9. The minimum absolute atomic E-state index is 0.107. The molecule has 0 saturated heterocycles. The number of carboxylic acid groups (broad SMARTS) is 1. The summed E-state index contributed by atoms with van der Waals surface area (Å²) in [7, 11) is -4.38. The first-order chi connectivity index (χ1) is 19.7. The Bertz CT molecular complexity index is 1690. The normalized spacial score (nSPS) is 13.3. The Morgan fingerprint density at radius 3 is 2.31 bits per heavy atom. The Labute approximate surface area is 248 Å². The molecule has 0 fully saturated rings. The number of hydrogen-bond donors (Lipinski definition) is 2. The van der Waals surface area contributed by atoms with Crippen molar-refractivity contribution < 1.29 is 27.9 Å². The van der Waals surface area contributed by atoms with Crippen LogP contribution in [0, 0.1) is 6.92 Å². The van der Waals surface area contributed by atoms with Gasteiger partial charge >= 0.3 is 12.1 Å². The summed E-state index contributed by atoms with van der Waals surface area (Å²) >= 11 is 1.54. The zero-order valence-corrected chi connectivity index (χ0v) is 25.1. The quantitative estimate of drug-likeness (QED) is 0.275. The van der Waals surface area contributed by atoms with Gasteiger partial charge in [-0.1, -0.05) is 36.4 Å². The molecule has 4 rings (SSSR count). The van der Waals surface area contributed by atoms with E-state index in [0.717, 1.165) is 20.3 Å². The van der Waals surface area contributed by atoms with E-state index in [1.165, 1.54) is 47.9 Å². The Hall–Kier alpha value is -4.20. The van der Waals surface area contributed by atoms with Crippen molar-refractivity contribution in [3.63, 3.8) is 0 Å². The van der Waals surface area contributed by atoms with Gasteiger partial charge in [-0.25, -0.2) is 28.2 Å². The Kier molecular flexibility index (Phi) is 8.76. The van der Waals surface area contributed by atoms with Gasteiger partial charge in [0.05, 0.1) is 5.69 Å². The van der Waals surface area contributed by atoms with Gasteiger partial charge in [-0.2, -0.15) is 0 Å². The average Bonchev–Trinajstić information content (AvgIpc) is 3.37. The van der Waals surface area contributed by atoms with Crippen LogP contribution in [-0.2, 0) is 30.7 Å². The van der Waals surface area contributed by atoms with E-state index in [1.54, 1.807) is 45.2 Å². The second kappa shape index (κ2) is 12.0. The smallest absolute Gasteiger partial charge is 0.416 e. The van der Waals surface area contributed by atoms with Crippen LogP contribution in [0.1, 0.15) is 36.9 Å². The van der Waals surface area contributed by atoms with Crippen molar-refractivity contribution in [2.45, 2.75) is 49.6 Å². The number of sulfone groups is 1. The number of anilines is 1. The van der Waals surface area contributed by atoms with Gasteiger partial charge in [0.15, 0.2) is 9.90 Å². The SMILES string of the molecule is Cc1cnc(-c2ccc(CC(N)(c3cccc(N(CC(=O)O)C(=O)OC(C)(C)C)n3)S(=O)(=O)c3ccccn3)cc2)s1. The van der Waals surface area contributed by atoms with E-state index in [1.807, 2.05) is 19.1 Å². The first kappa shape index (κ1) is 30.8. The van der Waals surface area contributed by atoms with Crippen LogP contribution < -0.4 is 10.6 Å². The molecular weight excluding hydrogens is 578 g/mol. The van der Waals surface area contributed by atoms with E-state index in [-0.39, 0.29) is 23.0 Å². The van der Waals surface area contributed by atoms with Gasteiger partial charge in [0.2, 0.25) is 9.84 Å². The van der Waals surface area contributed by atoms with E-state index in [9.17, 15) is 23.1 Å². The van der Waals surface area contributed by atoms with Crippen molar-refractivity contribution in [1.82, 2.24) is 15.0 Å². The summed E-state index contributed by atoms with van der Waals surface area (Å²) in [6, 6.07) is 15.9. The van der Waals surface area contributed by atoms with Gasteiger partial charge in [-0.3, -0.25) is 9.69 Å². The van der Waals surface area contributed by atoms with E-state index in [0.29, 0.717) is 5.56 Å². The van der Waals surface area contributed by atoms with Crippen molar-refractivity contribution >= 4 is 39.1 Å². The first-order valence-corrected chi connectivity index (χ1v) is 15.2. The summed E-state index contributed by atoms with van der Waals surface area (Å²) in [4.78, 5) is 37.2. The maximum absolute atomic E-state index is 14.1. The number of ether oxygens (including phenoxy) is 1. The number of thiazole rings is 1. The molecule has 42 heavy (non-hydrogen) atoms. The molecule has 0 aliphatic carbocycles. The predicted octanol–water partition coefficient (Wildman–Crippen LogP) is 4.56. The summed E-state index contributed by atoms with van der Waals surface area (Å²) < 4.78 is 33.6. The van der Waals surface area contributed by atoms with Crippen LogP contribution in [0.5, 0.6) is 0 Å². The lowest BCUT2D eigenvalue weighted by Crippen LogP contribution is -2.48. The number of aryl methyl sites for hydroxylation is 1. The molecular formula is C29H31N5O6S2. The molecule has 4 aromatic rings. The highest BCUT2D eigenvalue weighted by molar-refractivity contribution is 7.92. The van der Waals surface area contributed by atoms with Crippen molar-refractivity contribution in [3.8, 4) is 10.6 Å². The molecule has 1 atom stereocenters. The number of amides is 1. The number of rotatable bonds is 9. The van der Waals surface area contributed by atoms with Gasteiger partial charge in [0.25, 0.3) is 0 Å². The minimum Gasteiger partial charge on any atom is -0.480 e. The fraction of sp³-hybridized carbons (Fsp3) is 0.276. The van der Waals surface area contributed by atoms with E-state index in [4.69, 9.17) is 10.5 Å². The lowest BCUT2D eigenvalue weighted by atomic mass is 10.0. The minimum atomic E-state index is -4.38. The number of aliphatic carboxylic acids is 1. The average molecular weight is 610 g/mol. The molecule has 3 aromatic heterocycles. The molecule has 0 bridgehead atoms. The lowest BCUT2D eigenvalue weighted by Gasteiger charge is -2.30. The summed E-state index contributed by atoms with van der Waals surface area (Å²) in [5.41, 5.74) is 7.24. The number of carbonyl (C=O) groups excluding carboxylic acids is 1. The molecule has 0 saturated carbocycles. The van der Waals surface area contributed by atoms with Crippen LogP contribution in [0.15, 0.2) is 78.1 Å². The van der Waals surface area contributed by atoms with Crippen molar-refractivity contribution in [3.05, 3.63) is 89.2 Å². The molecule has 1 unspecified atom stereocenters. The maximum Gasteiger partial charge on any atom is 0.416 e.